The van der Waals surface area contributed by atoms with E-state index < -0.39 is 0 Å². The quantitative estimate of drug-likeness (QED) is 0.761. The molecule has 1 saturated heterocycles. The molecule has 2 rings (SSSR count). The van der Waals surface area contributed by atoms with Crippen LogP contribution in [0.5, 0.6) is 0 Å². The van der Waals surface area contributed by atoms with Crippen LogP contribution >= 0.6 is 11.3 Å². The molecule has 2 heterocycles. The van der Waals surface area contributed by atoms with E-state index in [0.29, 0.717) is 13.1 Å². The minimum Gasteiger partial charge on any atom is -0.391 e. The molecule has 0 spiro atoms. The Labute approximate surface area is 111 Å². The van der Waals surface area contributed by atoms with Gasteiger partial charge in [0.15, 0.2) is 0 Å². The first-order valence-electron chi connectivity index (χ1n) is 6.38. The molecule has 1 aromatic rings. The van der Waals surface area contributed by atoms with Crippen molar-refractivity contribution in [3.63, 3.8) is 0 Å². The molecule has 0 saturated carbocycles. The van der Waals surface area contributed by atoms with Gasteiger partial charge < -0.3 is 15.7 Å². The standard InChI is InChI=1S/C13H20N2O2S/c1-3-11-8(2)4-12(18-11)13(17)15-6-9-5-14-7-10(9)16/h4,9-10,14,16H,3,5-7H2,1-2H3,(H,15,17). The molecule has 5 heteroatoms. The third kappa shape index (κ3) is 2.91. The summed E-state index contributed by atoms with van der Waals surface area (Å²) in [5.74, 6) is 0.0996. The van der Waals surface area contributed by atoms with Crippen molar-refractivity contribution in [2.75, 3.05) is 19.6 Å². The van der Waals surface area contributed by atoms with Gasteiger partial charge in [0.25, 0.3) is 5.91 Å². The summed E-state index contributed by atoms with van der Waals surface area (Å²) in [7, 11) is 0. The van der Waals surface area contributed by atoms with Crippen LogP contribution in [0.3, 0.4) is 0 Å². The molecule has 100 valence electrons. The largest absolute Gasteiger partial charge is 0.391 e. The number of aryl methyl sites for hydroxylation is 2. The molecule has 1 amide bonds. The molecule has 2 unspecified atom stereocenters. The second-order valence-electron chi connectivity index (χ2n) is 4.77. The maximum Gasteiger partial charge on any atom is 0.261 e. The first kappa shape index (κ1) is 13.5. The summed E-state index contributed by atoms with van der Waals surface area (Å²) in [5.41, 5.74) is 1.19. The fourth-order valence-electron chi connectivity index (χ4n) is 2.22. The van der Waals surface area contributed by atoms with Crippen molar-refractivity contribution in [3.05, 3.63) is 21.4 Å². The smallest absolute Gasteiger partial charge is 0.261 e. The van der Waals surface area contributed by atoms with Crippen molar-refractivity contribution in [1.29, 1.82) is 0 Å². The van der Waals surface area contributed by atoms with Crippen molar-refractivity contribution in [2.24, 2.45) is 5.92 Å². The van der Waals surface area contributed by atoms with Crippen LogP contribution in [0.2, 0.25) is 0 Å². The first-order valence-corrected chi connectivity index (χ1v) is 7.19. The molecular formula is C13H20N2O2S. The second-order valence-corrected chi connectivity index (χ2v) is 5.90. The molecule has 3 N–H and O–H groups in total. The number of hydrogen-bond acceptors (Lipinski definition) is 4. The molecular weight excluding hydrogens is 248 g/mol. The fourth-order valence-corrected chi connectivity index (χ4v) is 3.25. The van der Waals surface area contributed by atoms with Crippen LogP contribution in [0.25, 0.3) is 0 Å². The van der Waals surface area contributed by atoms with Gasteiger partial charge in [0.1, 0.15) is 0 Å². The van der Waals surface area contributed by atoms with Gasteiger partial charge in [-0.05, 0) is 25.0 Å². The van der Waals surface area contributed by atoms with Crippen LogP contribution in [-0.2, 0) is 6.42 Å². The van der Waals surface area contributed by atoms with Gasteiger partial charge in [0.2, 0.25) is 0 Å². The average molecular weight is 268 g/mol. The third-order valence-electron chi connectivity index (χ3n) is 3.39. The summed E-state index contributed by atoms with van der Waals surface area (Å²) >= 11 is 1.56. The number of nitrogens with one attached hydrogen (secondary N) is 2. The van der Waals surface area contributed by atoms with E-state index in [0.717, 1.165) is 17.8 Å². The Morgan fingerprint density at radius 2 is 2.39 bits per heavy atom. The van der Waals surface area contributed by atoms with Gasteiger partial charge >= 0.3 is 0 Å². The zero-order chi connectivity index (χ0) is 13.1. The van der Waals surface area contributed by atoms with Gasteiger partial charge in [0, 0.05) is 30.4 Å². The number of hydrogen-bond donors (Lipinski definition) is 3. The third-order valence-corrected chi connectivity index (χ3v) is 4.77. The van der Waals surface area contributed by atoms with E-state index in [9.17, 15) is 9.90 Å². The van der Waals surface area contributed by atoms with Crippen molar-refractivity contribution >= 4 is 17.2 Å². The lowest BCUT2D eigenvalue weighted by Crippen LogP contribution is -2.34. The molecule has 1 aliphatic heterocycles. The number of rotatable bonds is 4. The number of carbonyl (C=O) groups excluding carboxylic acids is 1. The number of aliphatic hydroxyl groups is 1. The summed E-state index contributed by atoms with van der Waals surface area (Å²) in [6.45, 7) is 6.06. The average Bonchev–Trinajstić information content (AvgIpc) is 2.92. The lowest BCUT2D eigenvalue weighted by atomic mass is 10.1. The SMILES string of the molecule is CCc1sc(C(=O)NCC2CNCC2O)cc1C. The molecule has 0 aromatic carbocycles. The van der Waals surface area contributed by atoms with Gasteiger partial charge in [-0.15, -0.1) is 11.3 Å². The topological polar surface area (TPSA) is 61.4 Å². The molecule has 4 nitrogen and oxygen atoms in total. The molecule has 18 heavy (non-hydrogen) atoms. The Hall–Kier alpha value is -0.910. The molecule has 1 aromatic heterocycles. The van der Waals surface area contributed by atoms with Crippen molar-refractivity contribution < 1.29 is 9.90 Å². The first-order chi connectivity index (χ1) is 8.61. The van der Waals surface area contributed by atoms with Crippen LogP contribution in [0.1, 0.15) is 27.0 Å². The molecule has 2 atom stereocenters. The highest BCUT2D eigenvalue weighted by Crippen LogP contribution is 2.22. The van der Waals surface area contributed by atoms with Crippen LogP contribution < -0.4 is 10.6 Å². The Bertz CT molecular complexity index is 431. The minimum absolute atomic E-state index is 0.0260. The van der Waals surface area contributed by atoms with Crippen LogP contribution in [-0.4, -0.2) is 36.8 Å². The van der Waals surface area contributed by atoms with Crippen LogP contribution in [0.15, 0.2) is 6.07 Å². The van der Waals surface area contributed by atoms with E-state index in [1.807, 2.05) is 13.0 Å². The Balaban J connectivity index is 1.91. The van der Waals surface area contributed by atoms with Crippen molar-refractivity contribution in [2.45, 2.75) is 26.4 Å². The van der Waals surface area contributed by atoms with Crippen molar-refractivity contribution in [1.82, 2.24) is 10.6 Å². The molecule has 0 aliphatic carbocycles. The summed E-state index contributed by atoms with van der Waals surface area (Å²) < 4.78 is 0. The Morgan fingerprint density at radius 3 is 2.94 bits per heavy atom. The van der Waals surface area contributed by atoms with Crippen molar-refractivity contribution in [3.8, 4) is 0 Å². The lowest BCUT2D eigenvalue weighted by Gasteiger charge is -2.13. The maximum absolute atomic E-state index is 12.0. The zero-order valence-electron chi connectivity index (χ0n) is 10.8. The molecule has 0 bridgehead atoms. The van der Waals surface area contributed by atoms with Crippen LogP contribution in [0.4, 0.5) is 0 Å². The predicted octanol–water partition coefficient (Wildman–Crippen LogP) is 0.929. The lowest BCUT2D eigenvalue weighted by molar-refractivity contribution is 0.0931. The summed E-state index contributed by atoms with van der Waals surface area (Å²) in [5, 5.41) is 15.7. The summed E-state index contributed by atoms with van der Waals surface area (Å²) in [4.78, 5) is 14.0. The monoisotopic (exact) mass is 268 g/mol. The van der Waals surface area contributed by atoms with Gasteiger partial charge in [0.05, 0.1) is 11.0 Å². The predicted molar refractivity (Wildman–Crippen MR) is 73.1 cm³/mol. The number of amides is 1. The van der Waals surface area contributed by atoms with E-state index in [1.54, 1.807) is 11.3 Å². The highest BCUT2D eigenvalue weighted by atomic mass is 32.1. The summed E-state index contributed by atoms with van der Waals surface area (Å²) in [6, 6.07) is 1.95. The second kappa shape index (κ2) is 5.82. The molecule has 0 radical (unpaired) electrons. The zero-order valence-corrected chi connectivity index (χ0v) is 11.6. The molecule has 1 aliphatic rings. The van der Waals surface area contributed by atoms with E-state index in [4.69, 9.17) is 0 Å². The number of β-amino-alcohol motifs (C(OH)–C–C–N with tert-alkyl or cyclic N) is 1. The van der Waals surface area contributed by atoms with Gasteiger partial charge in [-0.25, -0.2) is 0 Å². The minimum atomic E-state index is -0.346. The molecule has 1 fully saturated rings. The van der Waals surface area contributed by atoms with Gasteiger partial charge in [-0.3, -0.25) is 4.79 Å². The highest BCUT2D eigenvalue weighted by Gasteiger charge is 2.25. The highest BCUT2D eigenvalue weighted by molar-refractivity contribution is 7.14. The number of thiophene rings is 1. The van der Waals surface area contributed by atoms with Gasteiger partial charge in [-0.2, -0.15) is 0 Å². The fraction of sp³-hybridized carbons (Fsp3) is 0.615. The van der Waals surface area contributed by atoms with Crippen LogP contribution in [0, 0.1) is 12.8 Å². The maximum atomic E-state index is 12.0. The van der Waals surface area contributed by atoms with E-state index in [2.05, 4.69) is 17.6 Å². The van der Waals surface area contributed by atoms with E-state index in [1.165, 1.54) is 10.4 Å². The summed E-state index contributed by atoms with van der Waals surface area (Å²) in [6.07, 6.45) is 0.622. The number of carbonyl (C=O) groups is 1. The van der Waals surface area contributed by atoms with E-state index >= 15 is 0 Å². The van der Waals surface area contributed by atoms with E-state index in [-0.39, 0.29) is 17.9 Å². The Morgan fingerprint density at radius 1 is 1.61 bits per heavy atom. The van der Waals surface area contributed by atoms with Gasteiger partial charge in [-0.1, -0.05) is 6.92 Å². The normalized spacial score (nSPS) is 23.3. The Kier molecular flexibility index (Phi) is 4.37. The number of aliphatic hydroxyl groups excluding tert-OH is 1.